The minimum atomic E-state index is -0.00852. The monoisotopic (exact) mass is 240 g/mol. The van der Waals surface area contributed by atoms with Crippen LogP contribution in [0.4, 0.5) is 0 Å². The van der Waals surface area contributed by atoms with Gasteiger partial charge < -0.3 is 10.5 Å². The van der Waals surface area contributed by atoms with E-state index >= 15 is 0 Å². The van der Waals surface area contributed by atoms with Gasteiger partial charge in [0.05, 0.1) is 6.61 Å². The third-order valence-corrected chi connectivity index (χ3v) is 3.30. The SMILES string of the molecule is NC(Cc1ccccn1)c1ccc2c(c1)CCO2. The van der Waals surface area contributed by atoms with E-state index in [1.807, 2.05) is 24.3 Å². The highest BCUT2D eigenvalue weighted by Crippen LogP contribution is 2.28. The van der Waals surface area contributed by atoms with Crippen molar-refractivity contribution in [2.24, 2.45) is 5.73 Å². The molecule has 0 spiro atoms. The first-order valence-corrected chi connectivity index (χ1v) is 6.24. The van der Waals surface area contributed by atoms with Crippen LogP contribution in [-0.2, 0) is 12.8 Å². The summed E-state index contributed by atoms with van der Waals surface area (Å²) in [6.07, 6.45) is 3.55. The molecule has 2 N–H and O–H groups in total. The molecule has 2 heterocycles. The predicted octanol–water partition coefficient (Wildman–Crippen LogP) is 2.26. The number of aromatic nitrogens is 1. The molecule has 0 aliphatic carbocycles. The van der Waals surface area contributed by atoms with Crippen LogP contribution >= 0.6 is 0 Å². The largest absolute Gasteiger partial charge is 0.493 e. The average molecular weight is 240 g/mol. The number of pyridine rings is 1. The van der Waals surface area contributed by atoms with Crippen LogP contribution in [0.25, 0.3) is 0 Å². The molecule has 1 aromatic heterocycles. The Morgan fingerprint density at radius 3 is 3.06 bits per heavy atom. The summed E-state index contributed by atoms with van der Waals surface area (Å²) < 4.78 is 5.50. The minimum absolute atomic E-state index is 0.00852. The van der Waals surface area contributed by atoms with Crippen molar-refractivity contribution >= 4 is 0 Å². The van der Waals surface area contributed by atoms with Crippen LogP contribution < -0.4 is 10.5 Å². The fourth-order valence-corrected chi connectivity index (χ4v) is 2.30. The van der Waals surface area contributed by atoms with E-state index in [2.05, 4.69) is 17.1 Å². The van der Waals surface area contributed by atoms with E-state index in [-0.39, 0.29) is 6.04 Å². The van der Waals surface area contributed by atoms with Crippen molar-refractivity contribution in [2.75, 3.05) is 6.61 Å². The number of benzene rings is 1. The van der Waals surface area contributed by atoms with Crippen LogP contribution in [0.5, 0.6) is 5.75 Å². The van der Waals surface area contributed by atoms with Crippen LogP contribution in [0.3, 0.4) is 0 Å². The molecule has 0 fully saturated rings. The smallest absolute Gasteiger partial charge is 0.122 e. The Balaban J connectivity index is 1.78. The first-order valence-electron chi connectivity index (χ1n) is 6.24. The van der Waals surface area contributed by atoms with E-state index in [0.717, 1.165) is 36.5 Å². The third kappa shape index (κ3) is 2.22. The topological polar surface area (TPSA) is 48.1 Å². The molecular formula is C15H16N2O. The molecule has 1 aromatic carbocycles. The molecule has 3 nitrogen and oxygen atoms in total. The quantitative estimate of drug-likeness (QED) is 0.895. The van der Waals surface area contributed by atoms with E-state index in [1.165, 1.54) is 5.56 Å². The molecule has 1 aliphatic heterocycles. The zero-order valence-electron chi connectivity index (χ0n) is 10.2. The Bertz CT molecular complexity index is 539. The fraction of sp³-hybridized carbons (Fsp3) is 0.267. The molecule has 0 amide bonds. The first kappa shape index (κ1) is 11.2. The first-order chi connectivity index (χ1) is 8.83. The van der Waals surface area contributed by atoms with Gasteiger partial charge >= 0.3 is 0 Å². The lowest BCUT2D eigenvalue weighted by Gasteiger charge is -2.12. The van der Waals surface area contributed by atoms with Crippen LogP contribution in [0.1, 0.15) is 22.9 Å². The maximum atomic E-state index is 6.24. The van der Waals surface area contributed by atoms with Gasteiger partial charge in [0.25, 0.3) is 0 Å². The predicted molar refractivity (Wildman–Crippen MR) is 70.5 cm³/mol. The Morgan fingerprint density at radius 2 is 2.22 bits per heavy atom. The lowest BCUT2D eigenvalue weighted by atomic mass is 9.99. The lowest BCUT2D eigenvalue weighted by molar-refractivity contribution is 0.357. The van der Waals surface area contributed by atoms with Crippen molar-refractivity contribution in [3.63, 3.8) is 0 Å². The van der Waals surface area contributed by atoms with E-state index in [0.29, 0.717) is 0 Å². The second-order valence-corrected chi connectivity index (χ2v) is 4.60. The zero-order chi connectivity index (χ0) is 12.4. The van der Waals surface area contributed by atoms with E-state index in [1.54, 1.807) is 6.20 Å². The van der Waals surface area contributed by atoms with Crippen LogP contribution in [0, 0.1) is 0 Å². The Labute approximate surface area is 107 Å². The highest BCUT2D eigenvalue weighted by Gasteiger charge is 2.15. The molecule has 0 radical (unpaired) electrons. The van der Waals surface area contributed by atoms with Gasteiger partial charge in [0, 0.05) is 30.8 Å². The summed E-state index contributed by atoms with van der Waals surface area (Å²) in [5.41, 5.74) is 9.69. The molecule has 18 heavy (non-hydrogen) atoms. The maximum absolute atomic E-state index is 6.24. The van der Waals surface area contributed by atoms with Gasteiger partial charge in [-0.25, -0.2) is 0 Å². The second-order valence-electron chi connectivity index (χ2n) is 4.60. The van der Waals surface area contributed by atoms with Gasteiger partial charge in [-0.2, -0.15) is 0 Å². The highest BCUT2D eigenvalue weighted by atomic mass is 16.5. The fourth-order valence-electron chi connectivity index (χ4n) is 2.30. The molecule has 1 unspecified atom stereocenters. The van der Waals surface area contributed by atoms with Crippen molar-refractivity contribution < 1.29 is 4.74 Å². The van der Waals surface area contributed by atoms with Crippen LogP contribution in [-0.4, -0.2) is 11.6 Å². The number of ether oxygens (including phenoxy) is 1. The molecule has 3 rings (SSSR count). The Kier molecular flexibility index (Phi) is 2.99. The molecule has 1 aliphatic rings. The van der Waals surface area contributed by atoms with Gasteiger partial charge in [-0.1, -0.05) is 18.2 Å². The molecule has 0 saturated heterocycles. The number of fused-ring (bicyclic) bond motifs is 1. The van der Waals surface area contributed by atoms with Gasteiger partial charge in [0.15, 0.2) is 0 Å². The molecule has 92 valence electrons. The van der Waals surface area contributed by atoms with Crippen molar-refractivity contribution in [3.05, 3.63) is 59.4 Å². The molecule has 3 heteroatoms. The van der Waals surface area contributed by atoms with Crippen molar-refractivity contribution in [3.8, 4) is 5.75 Å². The summed E-state index contributed by atoms with van der Waals surface area (Å²) in [6, 6.07) is 12.2. The summed E-state index contributed by atoms with van der Waals surface area (Å²) in [5, 5.41) is 0. The van der Waals surface area contributed by atoms with E-state index < -0.39 is 0 Å². The van der Waals surface area contributed by atoms with Gasteiger partial charge in [-0.3, -0.25) is 4.98 Å². The molecule has 0 bridgehead atoms. The van der Waals surface area contributed by atoms with Gasteiger partial charge in [-0.15, -0.1) is 0 Å². The van der Waals surface area contributed by atoms with Crippen molar-refractivity contribution in [2.45, 2.75) is 18.9 Å². The van der Waals surface area contributed by atoms with Crippen molar-refractivity contribution in [1.82, 2.24) is 4.98 Å². The minimum Gasteiger partial charge on any atom is -0.493 e. The van der Waals surface area contributed by atoms with E-state index in [9.17, 15) is 0 Å². The third-order valence-electron chi connectivity index (χ3n) is 3.30. The Hall–Kier alpha value is -1.87. The second kappa shape index (κ2) is 4.78. The summed E-state index contributed by atoms with van der Waals surface area (Å²) >= 11 is 0. The standard InChI is InChI=1S/C15H16N2O/c16-14(10-13-3-1-2-7-17-13)11-4-5-15-12(9-11)6-8-18-15/h1-5,7,9,14H,6,8,10,16H2. The van der Waals surface area contributed by atoms with Gasteiger partial charge in [-0.05, 0) is 29.3 Å². The van der Waals surface area contributed by atoms with E-state index in [4.69, 9.17) is 10.5 Å². The van der Waals surface area contributed by atoms with Gasteiger partial charge in [0.2, 0.25) is 0 Å². The molecule has 2 aromatic rings. The highest BCUT2D eigenvalue weighted by molar-refractivity contribution is 5.40. The zero-order valence-corrected chi connectivity index (χ0v) is 10.2. The summed E-state index contributed by atoms with van der Waals surface area (Å²) in [7, 11) is 0. The lowest BCUT2D eigenvalue weighted by Crippen LogP contribution is -2.14. The molecule has 1 atom stereocenters. The average Bonchev–Trinajstić information content (AvgIpc) is 2.87. The number of hydrogen-bond donors (Lipinski definition) is 1. The number of nitrogens with two attached hydrogens (primary N) is 1. The summed E-state index contributed by atoms with van der Waals surface area (Å²) in [4.78, 5) is 4.31. The Morgan fingerprint density at radius 1 is 1.28 bits per heavy atom. The van der Waals surface area contributed by atoms with Crippen molar-refractivity contribution in [1.29, 1.82) is 0 Å². The number of rotatable bonds is 3. The summed E-state index contributed by atoms with van der Waals surface area (Å²) in [5.74, 6) is 1.00. The normalized spacial score (nSPS) is 14.9. The van der Waals surface area contributed by atoms with Crippen LogP contribution in [0.2, 0.25) is 0 Å². The number of hydrogen-bond acceptors (Lipinski definition) is 3. The molecule has 0 saturated carbocycles. The van der Waals surface area contributed by atoms with Gasteiger partial charge in [0.1, 0.15) is 5.75 Å². The van der Waals surface area contributed by atoms with Crippen LogP contribution in [0.15, 0.2) is 42.6 Å². The number of nitrogens with zero attached hydrogens (tertiary/aromatic N) is 1. The summed E-state index contributed by atoms with van der Waals surface area (Å²) in [6.45, 7) is 0.786. The maximum Gasteiger partial charge on any atom is 0.122 e. The molecular weight excluding hydrogens is 224 g/mol.